The van der Waals surface area contributed by atoms with E-state index in [2.05, 4.69) is 5.32 Å². The van der Waals surface area contributed by atoms with Crippen LogP contribution in [0.4, 0.5) is 5.69 Å². The van der Waals surface area contributed by atoms with E-state index >= 15 is 0 Å². The van der Waals surface area contributed by atoms with E-state index in [0.29, 0.717) is 35.3 Å². The number of hydrogen-bond acceptors (Lipinski definition) is 6. The molecule has 0 heterocycles. The van der Waals surface area contributed by atoms with Crippen LogP contribution in [0.1, 0.15) is 36.7 Å². The van der Waals surface area contributed by atoms with E-state index in [0.717, 1.165) is 0 Å². The van der Waals surface area contributed by atoms with Gasteiger partial charge in [-0.05, 0) is 55.3 Å². The van der Waals surface area contributed by atoms with Crippen molar-refractivity contribution < 1.29 is 23.8 Å². The summed E-state index contributed by atoms with van der Waals surface area (Å²) in [5.41, 5.74) is 1.24. The molecular formula is C22H24N2O5. The highest BCUT2D eigenvalue weighted by Crippen LogP contribution is 2.29. The van der Waals surface area contributed by atoms with Crippen molar-refractivity contribution in [3.8, 4) is 17.6 Å². The van der Waals surface area contributed by atoms with Crippen molar-refractivity contribution >= 4 is 17.6 Å². The molecule has 2 aromatic carbocycles. The van der Waals surface area contributed by atoms with Crippen LogP contribution in [0.2, 0.25) is 0 Å². The normalized spacial score (nSPS) is 11.3. The van der Waals surface area contributed by atoms with Gasteiger partial charge in [-0.15, -0.1) is 0 Å². The largest absolute Gasteiger partial charge is 0.493 e. The number of benzene rings is 2. The summed E-state index contributed by atoms with van der Waals surface area (Å²) >= 11 is 0. The lowest BCUT2D eigenvalue weighted by molar-refractivity contribution is -0.123. The van der Waals surface area contributed by atoms with Gasteiger partial charge in [-0.3, -0.25) is 4.79 Å². The van der Waals surface area contributed by atoms with Crippen LogP contribution in [0.25, 0.3) is 0 Å². The molecule has 7 nitrogen and oxygen atoms in total. The first kappa shape index (κ1) is 21.8. The van der Waals surface area contributed by atoms with Crippen LogP contribution in [-0.4, -0.2) is 31.7 Å². The SMILES string of the molecule is COc1cc(C(=O)OC(C)C(=O)Nc2ccc(C#N)cc2)ccc1OCC(C)C. The highest BCUT2D eigenvalue weighted by Gasteiger charge is 2.20. The number of anilines is 1. The Balaban J connectivity index is 2.00. The summed E-state index contributed by atoms with van der Waals surface area (Å²) in [5.74, 6) is 0.159. The van der Waals surface area contributed by atoms with Crippen LogP contribution < -0.4 is 14.8 Å². The smallest absolute Gasteiger partial charge is 0.339 e. The topological polar surface area (TPSA) is 97.6 Å². The molecule has 1 N–H and O–H groups in total. The van der Waals surface area contributed by atoms with Gasteiger partial charge in [0.05, 0.1) is 30.9 Å². The fourth-order valence-corrected chi connectivity index (χ4v) is 2.32. The van der Waals surface area contributed by atoms with Crippen LogP contribution in [0, 0.1) is 17.2 Å². The van der Waals surface area contributed by atoms with Crippen molar-refractivity contribution in [3.63, 3.8) is 0 Å². The summed E-state index contributed by atoms with van der Waals surface area (Å²) in [7, 11) is 1.49. The lowest BCUT2D eigenvalue weighted by Gasteiger charge is -2.15. The quantitative estimate of drug-likeness (QED) is 0.682. The zero-order valence-corrected chi connectivity index (χ0v) is 16.9. The molecular weight excluding hydrogens is 372 g/mol. The average molecular weight is 396 g/mol. The molecule has 1 atom stereocenters. The monoisotopic (exact) mass is 396 g/mol. The Morgan fingerprint density at radius 2 is 1.76 bits per heavy atom. The van der Waals surface area contributed by atoms with Gasteiger partial charge in [0.15, 0.2) is 17.6 Å². The lowest BCUT2D eigenvalue weighted by Crippen LogP contribution is -2.30. The number of ether oxygens (including phenoxy) is 3. The number of hydrogen-bond donors (Lipinski definition) is 1. The number of rotatable bonds is 8. The van der Waals surface area contributed by atoms with Gasteiger partial charge in [0, 0.05) is 5.69 Å². The first-order chi connectivity index (χ1) is 13.8. The fourth-order valence-electron chi connectivity index (χ4n) is 2.32. The Morgan fingerprint density at radius 1 is 1.07 bits per heavy atom. The van der Waals surface area contributed by atoms with E-state index in [9.17, 15) is 9.59 Å². The first-order valence-electron chi connectivity index (χ1n) is 9.17. The minimum absolute atomic E-state index is 0.247. The standard InChI is InChI=1S/C22H24N2O5/c1-14(2)13-28-19-10-7-17(11-20(19)27-4)22(26)29-15(3)21(25)24-18-8-5-16(12-23)6-9-18/h5-11,14-15H,13H2,1-4H3,(H,24,25). The minimum Gasteiger partial charge on any atom is -0.493 e. The number of nitriles is 1. The Labute approximate surface area is 170 Å². The Morgan fingerprint density at radius 3 is 2.34 bits per heavy atom. The molecule has 0 saturated heterocycles. The molecule has 0 spiro atoms. The molecule has 0 aromatic heterocycles. The molecule has 1 unspecified atom stereocenters. The predicted octanol–water partition coefficient (Wildman–Crippen LogP) is 3.79. The molecule has 1 amide bonds. The Kier molecular flexibility index (Phi) is 7.61. The molecule has 7 heteroatoms. The fraction of sp³-hybridized carbons (Fsp3) is 0.318. The highest BCUT2D eigenvalue weighted by molar-refractivity contribution is 5.97. The van der Waals surface area contributed by atoms with Crippen LogP contribution in [0.15, 0.2) is 42.5 Å². The molecule has 0 saturated carbocycles. The molecule has 0 aliphatic carbocycles. The second-order valence-electron chi connectivity index (χ2n) is 6.80. The van der Waals surface area contributed by atoms with Crippen LogP contribution in [-0.2, 0) is 9.53 Å². The molecule has 0 bridgehead atoms. The van der Waals surface area contributed by atoms with Gasteiger partial charge < -0.3 is 19.5 Å². The maximum absolute atomic E-state index is 12.4. The number of carbonyl (C=O) groups is 2. The van der Waals surface area contributed by atoms with Gasteiger partial charge in [0.1, 0.15) is 0 Å². The Hall–Kier alpha value is -3.53. The van der Waals surface area contributed by atoms with E-state index in [1.807, 2.05) is 19.9 Å². The zero-order valence-electron chi connectivity index (χ0n) is 16.9. The second-order valence-corrected chi connectivity index (χ2v) is 6.80. The van der Waals surface area contributed by atoms with E-state index in [1.54, 1.807) is 36.4 Å². The van der Waals surface area contributed by atoms with Gasteiger partial charge >= 0.3 is 5.97 Å². The van der Waals surface area contributed by atoms with Gasteiger partial charge in [-0.2, -0.15) is 5.26 Å². The van der Waals surface area contributed by atoms with Crippen molar-refractivity contribution in [2.75, 3.05) is 19.0 Å². The number of methoxy groups -OCH3 is 1. The van der Waals surface area contributed by atoms with Crippen molar-refractivity contribution in [2.24, 2.45) is 5.92 Å². The second kappa shape index (κ2) is 10.1. The number of carbonyl (C=O) groups excluding carboxylic acids is 2. The van der Waals surface area contributed by atoms with Crippen molar-refractivity contribution in [1.82, 2.24) is 0 Å². The summed E-state index contributed by atoms with van der Waals surface area (Å²) < 4.78 is 16.2. The van der Waals surface area contributed by atoms with Crippen LogP contribution in [0.3, 0.4) is 0 Å². The van der Waals surface area contributed by atoms with Gasteiger partial charge in [-0.1, -0.05) is 13.8 Å². The zero-order chi connectivity index (χ0) is 21.4. The summed E-state index contributed by atoms with van der Waals surface area (Å²) in [6.45, 7) is 6.06. The Bertz CT molecular complexity index is 900. The predicted molar refractivity (Wildman–Crippen MR) is 108 cm³/mol. The average Bonchev–Trinajstić information content (AvgIpc) is 2.72. The molecule has 0 aliphatic heterocycles. The molecule has 0 fully saturated rings. The summed E-state index contributed by atoms with van der Waals surface area (Å²) in [5, 5.41) is 11.4. The first-order valence-corrected chi connectivity index (χ1v) is 9.17. The summed E-state index contributed by atoms with van der Waals surface area (Å²) in [6, 6.07) is 13.1. The van der Waals surface area contributed by atoms with Crippen LogP contribution in [0.5, 0.6) is 11.5 Å². The van der Waals surface area contributed by atoms with Gasteiger partial charge in [-0.25, -0.2) is 4.79 Å². The summed E-state index contributed by atoms with van der Waals surface area (Å²) in [6.07, 6.45) is -1.01. The van der Waals surface area contributed by atoms with Gasteiger partial charge in [0.25, 0.3) is 5.91 Å². The summed E-state index contributed by atoms with van der Waals surface area (Å²) in [4.78, 5) is 24.7. The number of nitrogens with zero attached hydrogens (tertiary/aromatic N) is 1. The number of amides is 1. The molecule has 2 rings (SSSR count). The molecule has 2 aromatic rings. The molecule has 0 radical (unpaired) electrons. The maximum Gasteiger partial charge on any atom is 0.339 e. The van der Waals surface area contributed by atoms with Crippen LogP contribution >= 0.6 is 0 Å². The van der Waals surface area contributed by atoms with Gasteiger partial charge in [0.2, 0.25) is 0 Å². The van der Waals surface area contributed by atoms with E-state index in [-0.39, 0.29) is 5.56 Å². The highest BCUT2D eigenvalue weighted by atomic mass is 16.5. The van der Waals surface area contributed by atoms with Crippen molar-refractivity contribution in [1.29, 1.82) is 5.26 Å². The minimum atomic E-state index is -1.01. The number of esters is 1. The lowest BCUT2D eigenvalue weighted by atomic mass is 10.2. The van der Waals surface area contributed by atoms with Crippen molar-refractivity contribution in [2.45, 2.75) is 26.9 Å². The maximum atomic E-state index is 12.4. The third kappa shape index (κ3) is 6.25. The van der Waals surface area contributed by atoms with E-state index in [4.69, 9.17) is 19.5 Å². The van der Waals surface area contributed by atoms with E-state index in [1.165, 1.54) is 20.1 Å². The third-order valence-corrected chi connectivity index (χ3v) is 3.91. The molecule has 0 aliphatic rings. The van der Waals surface area contributed by atoms with Crippen molar-refractivity contribution in [3.05, 3.63) is 53.6 Å². The number of nitrogens with one attached hydrogen (secondary N) is 1. The molecule has 29 heavy (non-hydrogen) atoms. The third-order valence-electron chi connectivity index (χ3n) is 3.91. The molecule has 152 valence electrons. The van der Waals surface area contributed by atoms with E-state index < -0.39 is 18.0 Å².